The molecule has 2 aromatic carbocycles. The molecule has 0 aliphatic rings. The first-order valence-corrected chi connectivity index (χ1v) is 8.13. The molecule has 0 fully saturated rings. The fourth-order valence-electron chi connectivity index (χ4n) is 2.45. The molecule has 25 heavy (non-hydrogen) atoms. The van der Waals surface area contributed by atoms with Crippen LogP contribution in [0.3, 0.4) is 0 Å². The van der Waals surface area contributed by atoms with Crippen molar-refractivity contribution < 1.29 is 14.3 Å². The number of halogens is 1. The van der Waals surface area contributed by atoms with Crippen molar-refractivity contribution in [2.75, 3.05) is 24.3 Å². The average molecular weight is 345 g/mol. The molecule has 2 atom stereocenters. The summed E-state index contributed by atoms with van der Waals surface area (Å²) in [4.78, 5) is 14.0. The quantitative estimate of drug-likeness (QED) is 0.750. The number of rotatable bonds is 6. The highest BCUT2D eigenvalue weighted by atomic mass is 19.1. The Bertz CT molecular complexity index is 687. The van der Waals surface area contributed by atoms with Crippen LogP contribution in [0.1, 0.15) is 25.0 Å². The number of urea groups is 1. The Morgan fingerprint density at radius 2 is 1.72 bits per heavy atom. The van der Waals surface area contributed by atoms with Gasteiger partial charge in [-0.25, -0.2) is 9.18 Å². The van der Waals surface area contributed by atoms with Crippen LogP contribution in [0, 0.1) is 5.82 Å². The summed E-state index contributed by atoms with van der Waals surface area (Å²) in [6, 6.07) is 12.6. The number of amides is 2. The second-order valence-corrected chi connectivity index (χ2v) is 6.24. The number of hydrogen-bond acceptors (Lipinski definition) is 3. The van der Waals surface area contributed by atoms with E-state index in [-0.39, 0.29) is 17.9 Å². The van der Waals surface area contributed by atoms with Gasteiger partial charge in [0.15, 0.2) is 0 Å². The monoisotopic (exact) mass is 345 g/mol. The van der Waals surface area contributed by atoms with Crippen LogP contribution in [-0.2, 0) is 0 Å². The average Bonchev–Trinajstić information content (AvgIpc) is 2.55. The van der Waals surface area contributed by atoms with E-state index >= 15 is 0 Å². The van der Waals surface area contributed by atoms with Gasteiger partial charge in [0.1, 0.15) is 5.82 Å². The fraction of sp³-hybridized carbons (Fsp3) is 0.316. The smallest absolute Gasteiger partial charge is 0.319 e. The first-order chi connectivity index (χ1) is 11.8. The number of nitrogens with zero attached hydrogens (tertiary/aromatic N) is 1. The van der Waals surface area contributed by atoms with Crippen LogP contribution < -0.4 is 15.5 Å². The predicted octanol–water partition coefficient (Wildman–Crippen LogP) is 3.53. The van der Waals surface area contributed by atoms with Gasteiger partial charge in [0.05, 0.1) is 6.10 Å². The van der Waals surface area contributed by atoms with E-state index in [4.69, 9.17) is 0 Å². The number of anilines is 2. The van der Waals surface area contributed by atoms with Crippen molar-refractivity contribution in [3.63, 3.8) is 0 Å². The molecule has 0 aliphatic heterocycles. The molecule has 0 aromatic heterocycles. The molecule has 0 spiro atoms. The van der Waals surface area contributed by atoms with Gasteiger partial charge in [-0.2, -0.15) is 0 Å². The number of aliphatic hydroxyl groups excluding tert-OH is 1. The van der Waals surface area contributed by atoms with Gasteiger partial charge in [-0.1, -0.05) is 12.1 Å². The van der Waals surface area contributed by atoms with Crippen LogP contribution in [-0.4, -0.2) is 31.3 Å². The molecule has 0 heterocycles. The number of hydrogen-bond donors (Lipinski definition) is 3. The first-order valence-electron chi connectivity index (χ1n) is 8.13. The van der Waals surface area contributed by atoms with E-state index in [1.165, 1.54) is 12.1 Å². The van der Waals surface area contributed by atoms with E-state index in [2.05, 4.69) is 10.6 Å². The highest BCUT2D eigenvalue weighted by molar-refractivity contribution is 5.89. The minimum atomic E-state index is -0.768. The molecule has 5 nitrogen and oxygen atoms in total. The normalized spacial score (nSPS) is 13.0. The molecule has 3 N–H and O–H groups in total. The summed E-state index contributed by atoms with van der Waals surface area (Å²) in [5.74, 6) is -0.346. The summed E-state index contributed by atoms with van der Waals surface area (Å²) in [5, 5.41) is 15.7. The molecule has 0 saturated carbocycles. The zero-order chi connectivity index (χ0) is 18.4. The van der Waals surface area contributed by atoms with E-state index in [9.17, 15) is 14.3 Å². The molecular formula is C19H24FN3O2. The Balaban J connectivity index is 1.83. The van der Waals surface area contributed by atoms with Gasteiger partial charge in [-0.3, -0.25) is 0 Å². The Labute approximate surface area is 147 Å². The summed E-state index contributed by atoms with van der Waals surface area (Å²) >= 11 is 0. The summed E-state index contributed by atoms with van der Waals surface area (Å²) in [6.45, 7) is 1.81. The Morgan fingerprint density at radius 3 is 2.28 bits per heavy atom. The second kappa shape index (κ2) is 8.48. The number of carbonyl (C=O) groups is 1. The minimum Gasteiger partial charge on any atom is -0.388 e. The van der Waals surface area contributed by atoms with Crippen LogP contribution in [0.5, 0.6) is 0 Å². The molecule has 2 aromatic rings. The van der Waals surface area contributed by atoms with E-state index < -0.39 is 6.10 Å². The van der Waals surface area contributed by atoms with Crippen LogP contribution in [0.15, 0.2) is 48.5 Å². The highest BCUT2D eigenvalue weighted by Gasteiger charge is 2.14. The SMILES string of the molecule is CC(CC(O)c1ccc(F)cc1)NC(=O)Nc1ccc(N(C)C)cc1. The van der Waals surface area contributed by atoms with Crippen molar-refractivity contribution >= 4 is 17.4 Å². The maximum atomic E-state index is 12.9. The van der Waals surface area contributed by atoms with Gasteiger partial charge in [0.2, 0.25) is 0 Å². The van der Waals surface area contributed by atoms with Gasteiger partial charge < -0.3 is 20.6 Å². The number of aliphatic hydroxyl groups is 1. The fourth-order valence-corrected chi connectivity index (χ4v) is 2.45. The Hall–Kier alpha value is -2.60. The maximum Gasteiger partial charge on any atom is 0.319 e. The number of benzene rings is 2. The molecule has 0 bridgehead atoms. The molecule has 6 heteroatoms. The van der Waals surface area contributed by atoms with Gasteiger partial charge in [-0.05, 0) is 55.3 Å². The maximum absolute atomic E-state index is 12.9. The third kappa shape index (κ3) is 5.76. The van der Waals surface area contributed by atoms with Crippen LogP contribution in [0.25, 0.3) is 0 Å². The lowest BCUT2D eigenvalue weighted by molar-refractivity contribution is 0.155. The molecule has 2 amide bonds. The van der Waals surface area contributed by atoms with Gasteiger partial charge in [-0.15, -0.1) is 0 Å². The molecule has 2 rings (SSSR count). The lowest BCUT2D eigenvalue weighted by Gasteiger charge is -2.19. The minimum absolute atomic E-state index is 0.249. The largest absolute Gasteiger partial charge is 0.388 e. The van der Waals surface area contributed by atoms with Crippen LogP contribution in [0.2, 0.25) is 0 Å². The predicted molar refractivity (Wildman–Crippen MR) is 98.4 cm³/mol. The topological polar surface area (TPSA) is 64.6 Å². The van der Waals surface area contributed by atoms with Crippen molar-refractivity contribution in [2.45, 2.75) is 25.5 Å². The molecular weight excluding hydrogens is 321 g/mol. The number of nitrogens with one attached hydrogen (secondary N) is 2. The van der Waals surface area contributed by atoms with Gasteiger partial charge in [0.25, 0.3) is 0 Å². The van der Waals surface area contributed by atoms with Crippen molar-refractivity contribution in [3.05, 3.63) is 59.9 Å². The Morgan fingerprint density at radius 1 is 1.12 bits per heavy atom. The summed E-state index contributed by atoms with van der Waals surface area (Å²) in [7, 11) is 3.90. The number of carbonyl (C=O) groups excluding carboxylic acids is 1. The molecule has 0 saturated heterocycles. The summed E-state index contributed by atoms with van der Waals surface area (Å²) < 4.78 is 12.9. The van der Waals surface area contributed by atoms with E-state index in [1.807, 2.05) is 50.2 Å². The zero-order valence-corrected chi connectivity index (χ0v) is 14.7. The van der Waals surface area contributed by atoms with Crippen molar-refractivity contribution in [3.8, 4) is 0 Å². The summed E-state index contributed by atoms with van der Waals surface area (Å²) in [6.07, 6.45) is -0.436. The summed E-state index contributed by atoms with van der Waals surface area (Å²) in [5.41, 5.74) is 2.35. The molecule has 134 valence electrons. The molecule has 2 unspecified atom stereocenters. The zero-order valence-electron chi connectivity index (χ0n) is 14.7. The second-order valence-electron chi connectivity index (χ2n) is 6.24. The van der Waals surface area contributed by atoms with Crippen molar-refractivity contribution in [1.29, 1.82) is 0 Å². The third-order valence-corrected chi connectivity index (χ3v) is 3.85. The standard InChI is InChI=1S/C19H24FN3O2/c1-13(12-18(24)14-4-6-15(20)7-5-14)21-19(25)22-16-8-10-17(11-9-16)23(2)3/h4-11,13,18,24H,12H2,1-3H3,(H2,21,22,25). The van der Waals surface area contributed by atoms with Gasteiger partial charge in [0, 0.05) is 31.5 Å². The van der Waals surface area contributed by atoms with Crippen LogP contribution >= 0.6 is 0 Å². The molecule has 0 radical (unpaired) electrons. The third-order valence-electron chi connectivity index (χ3n) is 3.85. The Kier molecular flexibility index (Phi) is 6.36. The lowest BCUT2D eigenvalue weighted by atomic mass is 10.0. The van der Waals surface area contributed by atoms with Gasteiger partial charge >= 0.3 is 6.03 Å². The highest BCUT2D eigenvalue weighted by Crippen LogP contribution is 2.19. The first kappa shape index (κ1) is 18.7. The van der Waals surface area contributed by atoms with Crippen molar-refractivity contribution in [1.82, 2.24) is 5.32 Å². The van der Waals surface area contributed by atoms with Crippen LogP contribution in [0.4, 0.5) is 20.6 Å². The molecule has 0 aliphatic carbocycles. The van der Waals surface area contributed by atoms with E-state index in [0.29, 0.717) is 17.7 Å². The lowest BCUT2D eigenvalue weighted by Crippen LogP contribution is -2.37. The van der Waals surface area contributed by atoms with Crippen molar-refractivity contribution in [2.24, 2.45) is 0 Å². The van der Waals surface area contributed by atoms with E-state index in [1.54, 1.807) is 12.1 Å². The van der Waals surface area contributed by atoms with E-state index in [0.717, 1.165) is 5.69 Å².